The molecule has 1 N–H and O–H groups in total. The predicted molar refractivity (Wildman–Crippen MR) is 81.3 cm³/mol. The zero-order valence-corrected chi connectivity index (χ0v) is 12.5. The molecule has 2 heterocycles. The largest absolute Gasteiger partial charge is 0.460 e. The van der Waals surface area contributed by atoms with E-state index in [0.29, 0.717) is 16.8 Å². The number of esters is 1. The molecule has 0 radical (unpaired) electrons. The number of hydrogen-bond acceptors (Lipinski definition) is 5. The van der Waals surface area contributed by atoms with E-state index >= 15 is 0 Å². The zero-order valence-electron chi connectivity index (χ0n) is 12.5. The number of anilines is 1. The molecule has 6 heteroatoms. The summed E-state index contributed by atoms with van der Waals surface area (Å²) in [6.07, 6.45) is -1.17. The van der Waals surface area contributed by atoms with Crippen LogP contribution in [0.2, 0.25) is 0 Å². The van der Waals surface area contributed by atoms with Gasteiger partial charge < -0.3 is 14.7 Å². The molecular weight excluding hydrogens is 296 g/mol. The summed E-state index contributed by atoms with van der Waals surface area (Å²) in [6, 6.07) is 6.70. The van der Waals surface area contributed by atoms with Crippen molar-refractivity contribution >= 4 is 17.6 Å². The first-order valence-corrected chi connectivity index (χ1v) is 6.90. The molecule has 0 aromatic heterocycles. The molecule has 1 spiro atoms. The van der Waals surface area contributed by atoms with Crippen LogP contribution in [0.15, 0.2) is 42.5 Å². The number of aliphatic hydroxyl groups excluding tert-OH is 1. The third-order valence-electron chi connectivity index (χ3n) is 4.48. The van der Waals surface area contributed by atoms with Gasteiger partial charge in [0.05, 0.1) is 17.2 Å². The minimum atomic E-state index is -1.26. The molecule has 2 atom stereocenters. The Morgan fingerprint density at radius 1 is 1.52 bits per heavy atom. The normalized spacial score (nSPS) is 23.7. The maximum Gasteiger partial charge on any atom is 0.335 e. The van der Waals surface area contributed by atoms with Crippen LogP contribution in [0, 0.1) is 11.3 Å². The summed E-state index contributed by atoms with van der Waals surface area (Å²) >= 11 is 0. The van der Waals surface area contributed by atoms with Gasteiger partial charge in [-0.1, -0.05) is 19.2 Å². The van der Waals surface area contributed by atoms with Crippen molar-refractivity contribution in [3.63, 3.8) is 0 Å². The second kappa shape index (κ2) is 4.80. The van der Waals surface area contributed by atoms with Gasteiger partial charge in [0.2, 0.25) is 5.91 Å². The van der Waals surface area contributed by atoms with Crippen LogP contribution in [0.4, 0.5) is 5.69 Å². The summed E-state index contributed by atoms with van der Waals surface area (Å²) in [5.74, 6) is -0.902. The van der Waals surface area contributed by atoms with E-state index in [-0.39, 0.29) is 23.7 Å². The molecule has 6 nitrogen and oxygen atoms in total. The first-order valence-electron chi connectivity index (χ1n) is 6.90. The highest BCUT2D eigenvalue weighted by molar-refractivity contribution is 6.16. The summed E-state index contributed by atoms with van der Waals surface area (Å²) in [6.45, 7) is 7.12. The summed E-state index contributed by atoms with van der Waals surface area (Å²) in [7, 11) is 1.61. The van der Waals surface area contributed by atoms with Crippen molar-refractivity contribution in [2.75, 3.05) is 18.6 Å². The molecular formula is C17H14N2O4. The molecule has 23 heavy (non-hydrogen) atoms. The summed E-state index contributed by atoms with van der Waals surface area (Å²) < 4.78 is 5.03. The Morgan fingerprint density at radius 3 is 2.78 bits per heavy atom. The van der Waals surface area contributed by atoms with Crippen LogP contribution in [0.3, 0.4) is 0 Å². The van der Waals surface area contributed by atoms with Crippen LogP contribution in [0.1, 0.15) is 17.2 Å². The Labute approximate surface area is 132 Å². The van der Waals surface area contributed by atoms with Gasteiger partial charge >= 0.3 is 5.97 Å². The molecule has 2 aliphatic heterocycles. The first kappa shape index (κ1) is 15.0. The van der Waals surface area contributed by atoms with Crippen LogP contribution in [0.25, 0.3) is 0 Å². The molecule has 1 amide bonds. The lowest BCUT2D eigenvalue weighted by Gasteiger charge is -2.20. The Hall–Kier alpha value is -2.91. The second-order valence-corrected chi connectivity index (χ2v) is 5.64. The van der Waals surface area contributed by atoms with E-state index in [9.17, 15) is 14.7 Å². The third-order valence-corrected chi connectivity index (χ3v) is 4.48. The molecule has 0 bridgehead atoms. The topological polar surface area (TPSA) is 90.6 Å². The van der Waals surface area contributed by atoms with Gasteiger partial charge in [-0.3, -0.25) is 4.79 Å². The Bertz CT molecular complexity index is 820. The number of cyclic esters (lactones) is 1. The van der Waals surface area contributed by atoms with Gasteiger partial charge in [0.15, 0.2) is 0 Å². The van der Waals surface area contributed by atoms with Crippen molar-refractivity contribution in [1.82, 2.24) is 0 Å². The number of aliphatic hydroxyl groups is 1. The van der Waals surface area contributed by atoms with E-state index in [2.05, 4.69) is 13.2 Å². The van der Waals surface area contributed by atoms with Crippen molar-refractivity contribution < 1.29 is 19.4 Å². The van der Waals surface area contributed by atoms with Crippen LogP contribution in [0.5, 0.6) is 0 Å². The molecule has 2 aliphatic rings. The minimum Gasteiger partial charge on any atom is -0.460 e. The van der Waals surface area contributed by atoms with Gasteiger partial charge in [-0.15, -0.1) is 0 Å². The maximum atomic E-state index is 12.7. The summed E-state index contributed by atoms with van der Waals surface area (Å²) in [5.41, 5.74) is 0.402. The van der Waals surface area contributed by atoms with Gasteiger partial charge in [-0.05, 0) is 23.3 Å². The monoisotopic (exact) mass is 310 g/mol. The molecule has 1 saturated heterocycles. The van der Waals surface area contributed by atoms with E-state index in [1.165, 1.54) is 4.90 Å². The Balaban J connectivity index is 2.19. The lowest BCUT2D eigenvalue weighted by molar-refractivity contribution is -0.135. The Morgan fingerprint density at radius 2 is 2.22 bits per heavy atom. The molecule has 1 fully saturated rings. The number of nitriles is 1. The fourth-order valence-electron chi connectivity index (χ4n) is 3.08. The average Bonchev–Trinajstić information content (AvgIpc) is 2.98. The Kier molecular flexibility index (Phi) is 3.13. The van der Waals surface area contributed by atoms with Crippen molar-refractivity contribution in [3.8, 4) is 6.07 Å². The number of likely N-dealkylation sites (N-methyl/N-ethyl adjacent to an activating group) is 1. The van der Waals surface area contributed by atoms with E-state index in [1.54, 1.807) is 25.2 Å². The fraction of sp³-hybridized carbons (Fsp3) is 0.235. The number of nitrogens with zero attached hydrogens (tertiary/aromatic N) is 2. The molecule has 1 aromatic rings. The minimum absolute atomic E-state index is 0.00532. The van der Waals surface area contributed by atoms with E-state index in [4.69, 9.17) is 10.00 Å². The van der Waals surface area contributed by atoms with Gasteiger partial charge in [-0.2, -0.15) is 5.26 Å². The zero-order chi connectivity index (χ0) is 16.9. The van der Waals surface area contributed by atoms with Crippen molar-refractivity contribution in [2.45, 2.75) is 11.5 Å². The summed E-state index contributed by atoms with van der Waals surface area (Å²) in [4.78, 5) is 25.9. The van der Waals surface area contributed by atoms with E-state index < -0.39 is 17.5 Å². The number of amides is 1. The number of benzene rings is 1. The molecule has 3 rings (SSSR count). The fourth-order valence-corrected chi connectivity index (χ4v) is 3.08. The smallest absolute Gasteiger partial charge is 0.335 e. The van der Waals surface area contributed by atoms with Crippen molar-refractivity contribution in [1.29, 1.82) is 5.26 Å². The van der Waals surface area contributed by atoms with Crippen LogP contribution >= 0.6 is 0 Å². The number of rotatable bonds is 2. The maximum absolute atomic E-state index is 12.7. The molecule has 0 aliphatic carbocycles. The highest BCUT2D eigenvalue weighted by Gasteiger charge is 2.58. The molecule has 1 aromatic carbocycles. The first-order chi connectivity index (χ1) is 10.8. The molecule has 1 unspecified atom stereocenters. The molecule has 0 saturated carbocycles. The van der Waals surface area contributed by atoms with Gasteiger partial charge in [-0.25, -0.2) is 4.79 Å². The lowest BCUT2D eigenvalue weighted by Crippen LogP contribution is -2.40. The van der Waals surface area contributed by atoms with Gasteiger partial charge in [0.1, 0.15) is 18.1 Å². The van der Waals surface area contributed by atoms with Crippen LogP contribution in [-0.4, -0.2) is 30.6 Å². The van der Waals surface area contributed by atoms with Gasteiger partial charge in [0, 0.05) is 12.7 Å². The highest BCUT2D eigenvalue weighted by Crippen LogP contribution is 2.49. The van der Waals surface area contributed by atoms with E-state index in [1.807, 2.05) is 6.07 Å². The van der Waals surface area contributed by atoms with E-state index in [0.717, 1.165) is 0 Å². The highest BCUT2D eigenvalue weighted by atomic mass is 16.5. The van der Waals surface area contributed by atoms with Crippen LogP contribution in [-0.2, 0) is 19.7 Å². The third kappa shape index (κ3) is 1.77. The van der Waals surface area contributed by atoms with Crippen molar-refractivity contribution in [3.05, 3.63) is 53.6 Å². The second-order valence-electron chi connectivity index (χ2n) is 5.64. The SMILES string of the molecule is C=C(C#N)C(O)c1ccc2c(c1)[C@@]1(COC(=O)C1=C)C(=O)N2C. The standard InChI is InChI=1S/C17H14N2O4/c1-9(7-18)14(20)11-4-5-13-12(6-11)17(16(22)19(13)3)8-23-15(21)10(17)2/h4-6,14,20H,1-2,8H2,3H3/t14?,17-/m0/s1. The summed E-state index contributed by atoms with van der Waals surface area (Å²) in [5, 5.41) is 19.0. The number of ether oxygens (including phenoxy) is 1. The number of carbonyl (C=O) groups is 2. The predicted octanol–water partition coefficient (Wildman–Crippen LogP) is 1.13. The quantitative estimate of drug-likeness (QED) is 0.502. The number of hydrogen-bond donors (Lipinski definition) is 1. The van der Waals surface area contributed by atoms with Crippen molar-refractivity contribution in [2.24, 2.45) is 0 Å². The molecule has 116 valence electrons. The van der Waals surface area contributed by atoms with Crippen LogP contribution < -0.4 is 4.90 Å². The number of fused-ring (bicyclic) bond motifs is 2. The lowest BCUT2D eigenvalue weighted by atomic mass is 9.77. The van der Waals surface area contributed by atoms with Gasteiger partial charge in [0.25, 0.3) is 0 Å². The average molecular weight is 310 g/mol. The number of carbonyl (C=O) groups excluding carboxylic acids is 2.